The lowest BCUT2D eigenvalue weighted by molar-refractivity contribution is -0.140. The standard InChI is InChI=1S/C15H20F3N5OS.HI/c1-4-19-14(20-6-5-11-9(2)23-24-10(11)3)21-7-13-22-12(8-25-13)15(16,17)18;/h8H,4-7H2,1-3H3,(H2,19,20,21);1H. The van der Waals surface area contributed by atoms with Gasteiger partial charge in [-0.1, -0.05) is 5.16 Å². The number of aryl methyl sites for hydroxylation is 2. The van der Waals surface area contributed by atoms with E-state index in [1.807, 2.05) is 20.8 Å². The van der Waals surface area contributed by atoms with E-state index in [1.165, 1.54) is 0 Å². The fourth-order valence-corrected chi connectivity index (χ4v) is 2.89. The van der Waals surface area contributed by atoms with Gasteiger partial charge >= 0.3 is 6.18 Å². The molecule has 2 rings (SSSR count). The van der Waals surface area contributed by atoms with Crippen molar-refractivity contribution in [2.75, 3.05) is 13.1 Å². The molecule has 0 unspecified atom stereocenters. The largest absolute Gasteiger partial charge is 0.434 e. The number of nitrogens with one attached hydrogen (secondary N) is 2. The Kier molecular flexibility index (Phi) is 8.80. The predicted molar refractivity (Wildman–Crippen MR) is 105 cm³/mol. The highest BCUT2D eigenvalue weighted by atomic mass is 127. The molecule has 0 aliphatic heterocycles. The Labute approximate surface area is 170 Å². The Morgan fingerprint density at radius 2 is 2.04 bits per heavy atom. The molecule has 0 radical (unpaired) electrons. The molecule has 2 heterocycles. The minimum absolute atomic E-state index is 0. The predicted octanol–water partition coefficient (Wildman–Crippen LogP) is 3.68. The molecular formula is C15H21F3IN5OS. The first-order chi connectivity index (χ1) is 11.8. The molecule has 0 spiro atoms. The van der Waals surface area contributed by atoms with E-state index in [0.717, 1.165) is 33.7 Å². The maximum atomic E-state index is 12.6. The van der Waals surface area contributed by atoms with Gasteiger partial charge in [0.2, 0.25) is 0 Å². The molecule has 2 aromatic heterocycles. The highest BCUT2D eigenvalue weighted by molar-refractivity contribution is 14.0. The number of alkyl halides is 3. The Hall–Kier alpha value is -1.37. The van der Waals surface area contributed by atoms with Gasteiger partial charge in [-0.05, 0) is 27.2 Å². The fourth-order valence-electron chi connectivity index (χ4n) is 2.17. The molecule has 146 valence electrons. The van der Waals surface area contributed by atoms with E-state index in [0.29, 0.717) is 30.5 Å². The average molecular weight is 503 g/mol. The third kappa shape index (κ3) is 6.41. The second-order valence-electron chi connectivity index (χ2n) is 5.30. The van der Waals surface area contributed by atoms with Crippen LogP contribution in [0, 0.1) is 13.8 Å². The zero-order chi connectivity index (χ0) is 18.4. The van der Waals surface area contributed by atoms with Crippen molar-refractivity contribution < 1.29 is 17.7 Å². The lowest BCUT2D eigenvalue weighted by atomic mass is 10.1. The van der Waals surface area contributed by atoms with Crippen LogP contribution in [0.15, 0.2) is 14.9 Å². The third-order valence-corrected chi connectivity index (χ3v) is 4.24. The SMILES string of the molecule is CCNC(=NCc1nc(C(F)(F)F)cs1)NCCc1c(C)noc1C.I. The number of thiazole rings is 1. The van der Waals surface area contributed by atoms with Crippen molar-refractivity contribution in [2.45, 2.75) is 39.9 Å². The molecule has 2 aromatic rings. The summed E-state index contributed by atoms with van der Waals surface area (Å²) < 4.78 is 42.8. The fraction of sp³-hybridized carbons (Fsp3) is 0.533. The van der Waals surface area contributed by atoms with Gasteiger partial charge in [-0.25, -0.2) is 9.98 Å². The number of hydrogen-bond donors (Lipinski definition) is 2. The van der Waals surface area contributed by atoms with Gasteiger partial charge in [-0.2, -0.15) is 13.2 Å². The Balaban J connectivity index is 0.00000338. The first kappa shape index (κ1) is 22.7. The van der Waals surface area contributed by atoms with Crippen molar-refractivity contribution in [2.24, 2.45) is 4.99 Å². The molecule has 0 saturated carbocycles. The van der Waals surface area contributed by atoms with Gasteiger partial charge < -0.3 is 15.2 Å². The van der Waals surface area contributed by atoms with E-state index >= 15 is 0 Å². The van der Waals surface area contributed by atoms with Crippen LogP contribution in [0.4, 0.5) is 13.2 Å². The molecule has 0 aliphatic rings. The van der Waals surface area contributed by atoms with Gasteiger partial charge in [0, 0.05) is 24.0 Å². The van der Waals surface area contributed by atoms with Gasteiger partial charge in [0.1, 0.15) is 10.8 Å². The van der Waals surface area contributed by atoms with Gasteiger partial charge in [0.05, 0.1) is 12.2 Å². The number of aromatic nitrogens is 2. The van der Waals surface area contributed by atoms with Crippen LogP contribution >= 0.6 is 35.3 Å². The number of guanidine groups is 1. The molecule has 6 nitrogen and oxygen atoms in total. The van der Waals surface area contributed by atoms with Crippen LogP contribution in [0.5, 0.6) is 0 Å². The smallest absolute Gasteiger partial charge is 0.361 e. The highest BCUT2D eigenvalue weighted by Crippen LogP contribution is 2.30. The first-order valence-electron chi connectivity index (χ1n) is 7.76. The normalized spacial score (nSPS) is 12.0. The van der Waals surface area contributed by atoms with Crippen molar-refractivity contribution in [3.63, 3.8) is 0 Å². The third-order valence-electron chi connectivity index (χ3n) is 3.41. The molecule has 0 aliphatic carbocycles. The Morgan fingerprint density at radius 3 is 2.58 bits per heavy atom. The molecule has 0 fully saturated rings. The zero-order valence-electron chi connectivity index (χ0n) is 14.6. The van der Waals surface area contributed by atoms with E-state index in [1.54, 1.807) is 0 Å². The lowest BCUT2D eigenvalue weighted by Crippen LogP contribution is -2.38. The summed E-state index contributed by atoms with van der Waals surface area (Å²) in [5.74, 6) is 1.31. The molecule has 0 aromatic carbocycles. The van der Waals surface area contributed by atoms with Gasteiger partial charge in [-0.15, -0.1) is 35.3 Å². The minimum Gasteiger partial charge on any atom is -0.361 e. The van der Waals surface area contributed by atoms with Gasteiger partial charge in [0.15, 0.2) is 11.7 Å². The summed E-state index contributed by atoms with van der Waals surface area (Å²) in [7, 11) is 0. The van der Waals surface area contributed by atoms with Crippen LogP contribution in [0.25, 0.3) is 0 Å². The van der Waals surface area contributed by atoms with Crippen LogP contribution in [0.2, 0.25) is 0 Å². The van der Waals surface area contributed by atoms with Crippen LogP contribution in [-0.4, -0.2) is 29.2 Å². The molecular weight excluding hydrogens is 482 g/mol. The first-order valence-corrected chi connectivity index (χ1v) is 8.64. The van der Waals surface area contributed by atoms with Gasteiger partial charge in [-0.3, -0.25) is 0 Å². The monoisotopic (exact) mass is 503 g/mol. The van der Waals surface area contributed by atoms with Crippen LogP contribution in [0.1, 0.15) is 34.6 Å². The Bertz CT molecular complexity index is 710. The Morgan fingerprint density at radius 1 is 1.31 bits per heavy atom. The van der Waals surface area contributed by atoms with Gasteiger partial charge in [0.25, 0.3) is 0 Å². The number of rotatable bonds is 6. The topological polar surface area (TPSA) is 75.3 Å². The maximum Gasteiger partial charge on any atom is 0.434 e. The quantitative estimate of drug-likeness (QED) is 0.358. The van der Waals surface area contributed by atoms with Crippen molar-refractivity contribution in [1.29, 1.82) is 0 Å². The van der Waals surface area contributed by atoms with E-state index in [4.69, 9.17) is 4.52 Å². The van der Waals surface area contributed by atoms with Crippen molar-refractivity contribution in [3.05, 3.63) is 33.1 Å². The summed E-state index contributed by atoms with van der Waals surface area (Å²) in [6, 6.07) is 0. The van der Waals surface area contributed by atoms with Crippen molar-refractivity contribution in [1.82, 2.24) is 20.8 Å². The minimum atomic E-state index is -4.42. The summed E-state index contributed by atoms with van der Waals surface area (Å²) in [5, 5.41) is 11.4. The molecule has 0 bridgehead atoms. The van der Waals surface area contributed by atoms with Crippen LogP contribution in [0.3, 0.4) is 0 Å². The van der Waals surface area contributed by atoms with E-state index in [9.17, 15) is 13.2 Å². The average Bonchev–Trinajstić information content (AvgIpc) is 3.14. The van der Waals surface area contributed by atoms with E-state index in [-0.39, 0.29) is 30.5 Å². The molecule has 11 heteroatoms. The van der Waals surface area contributed by atoms with Crippen molar-refractivity contribution in [3.8, 4) is 0 Å². The number of hydrogen-bond acceptors (Lipinski definition) is 5. The summed E-state index contributed by atoms with van der Waals surface area (Å²) >= 11 is 0.948. The number of nitrogens with zero attached hydrogens (tertiary/aromatic N) is 3. The molecule has 0 saturated heterocycles. The summed E-state index contributed by atoms with van der Waals surface area (Å²) in [4.78, 5) is 7.85. The summed E-state index contributed by atoms with van der Waals surface area (Å²) in [6.07, 6.45) is -3.71. The molecule has 2 N–H and O–H groups in total. The molecule has 0 amide bonds. The van der Waals surface area contributed by atoms with Crippen LogP contribution < -0.4 is 10.6 Å². The maximum absolute atomic E-state index is 12.6. The summed E-state index contributed by atoms with van der Waals surface area (Å²) in [5.41, 5.74) is 1.01. The second kappa shape index (κ2) is 10.1. The van der Waals surface area contributed by atoms with Crippen LogP contribution in [-0.2, 0) is 19.1 Å². The second-order valence-corrected chi connectivity index (χ2v) is 6.24. The van der Waals surface area contributed by atoms with E-state index in [2.05, 4.69) is 25.8 Å². The molecule has 0 atom stereocenters. The number of aliphatic imine (C=N–C) groups is 1. The van der Waals surface area contributed by atoms with Crippen molar-refractivity contribution >= 4 is 41.3 Å². The summed E-state index contributed by atoms with van der Waals surface area (Å²) in [6.45, 7) is 6.97. The molecule has 26 heavy (non-hydrogen) atoms. The lowest BCUT2D eigenvalue weighted by Gasteiger charge is -2.10. The zero-order valence-corrected chi connectivity index (χ0v) is 17.8. The van der Waals surface area contributed by atoms with E-state index < -0.39 is 11.9 Å². The number of halogens is 4. The highest BCUT2D eigenvalue weighted by Gasteiger charge is 2.33.